The van der Waals surface area contributed by atoms with Gasteiger partial charge in [-0.25, -0.2) is 0 Å². The first-order valence-corrected chi connectivity index (χ1v) is 11.2. The standard InChI is InChI=1S/C23H36O5/c1-5-14-18(25)10-17-13-6-7-16-20(26)21(27)19(28-12(2)24)11-23(16,4)15(13)8-9-22(14,17)3/h13-17,19-21,26-27H,5-11H2,1-4H3. The molecule has 0 aromatic carbocycles. The fourth-order valence-corrected chi connectivity index (χ4v) is 8.27. The zero-order valence-corrected chi connectivity index (χ0v) is 17.7. The van der Waals surface area contributed by atoms with Gasteiger partial charge in [-0.15, -0.1) is 0 Å². The molecular weight excluding hydrogens is 356 g/mol. The average Bonchev–Trinajstić information content (AvgIpc) is 2.88. The van der Waals surface area contributed by atoms with E-state index in [1.807, 2.05) is 0 Å². The van der Waals surface area contributed by atoms with Gasteiger partial charge in [0.2, 0.25) is 0 Å². The molecule has 4 fully saturated rings. The van der Waals surface area contributed by atoms with Gasteiger partial charge in [0.25, 0.3) is 0 Å². The molecule has 0 spiro atoms. The second-order valence-corrected chi connectivity index (χ2v) is 10.6. The second-order valence-electron chi connectivity index (χ2n) is 10.6. The summed E-state index contributed by atoms with van der Waals surface area (Å²) in [7, 11) is 0. The van der Waals surface area contributed by atoms with Crippen molar-refractivity contribution >= 4 is 11.8 Å². The zero-order valence-electron chi connectivity index (χ0n) is 17.7. The van der Waals surface area contributed by atoms with Crippen LogP contribution in [0.5, 0.6) is 0 Å². The van der Waals surface area contributed by atoms with Gasteiger partial charge in [-0.05, 0) is 73.0 Å². The number of Topliss-reactive ketones (excluding diaryl/α,β-unsaturated/α-hetero) is 1. The molecule has 5 heteroatoms. The van der Waals surface area contributed by atoms with Crippen molar-refractivity contribution in [1.29, 1.82) is 0 Å². The third-order valence-corrected chi connectivity index (χ3v) is 9.50. The first-order valence-electron chi connectivity index (χ1n) is 11.2. The molecule has 0 saturated heterocycles. The van der Waals surface area contributed by atoms with Gasteiger partial charge in [0.1, 0.15) is 18.0 Å². The number of carbonyl (C=O) groups excluding carboxylic acids is 2. The highest BCUT2D eigenvalue weighted by atomic mass is 16.6. The number of esters is 1. The predicted molar refractivity (Wildman–Crippen MR) is 104 cm³/mol. The first-order chi connectivity index (χ1) is 13.1. The SMILES string of the molecule is CCC1C(=O)CC2C3CCC4C(O)C(O)C(OC(C)=O)CC4(C)C3CCC12C. The summed E-state index contributed by atoms with van der Waals surface area (Å²) in [4.78, 5) is 24.3. The number of aliphatic hydroxyl groups is 2. The van der Waals surface area contributed by atoms with Gasteiger partial charge in [-0.2, -0.15) is 0 Å². The van der Waals surface area contributed by atoms with Gasteiger partial charge >= 0.3 is 5.97 Å². The fourth-order valence-electron chi connectivity index (χ4n) is 8.27. The lowest BCUT2D eigenvalue weighted by atomic mass is 9.44. The molecule has 0 aliphatic heterocycles. The summed E-state index contributed by atoms with van der Waals surface area (Å²) in [5, 5.41) is 21.4. The highest BCUT2D eigenvalue weighted by molar-refractivity contribution is 5.84. The van der Waals surface area contributed by atoms with Crippen LogP contribution in [0.1, 0.15) is 72.6 Å². The summed E-state index contributed by atoms with van der Waals surface area (Å²) >= 11 is 0. The molecule has 28 heavy (non-hydrogen) atoms. The van der Waals surface area contributed by atoms with Crippen LogP contribution in [0, 0.1) is 40.4 Å². The summed E-state index contributed by atoms with van der Waals surface area (Å²) < 4.78 is 5.42. The number of carbonyl (C=O) groups is 2. The van der Waals surface area contributed by atoms with Crippen LogP contribution >= 0.6 is 0 Å². The van der Waals surface area contributed by atoms with Crippen molar-refractivity contribution in [2.75, 3.05) is 0 Å². The molecule has 0 heterocycles. The van der Waals surface area contributed by atoms with Crippen LogP contribution in [0.4, 0.5) is 0 Å². The van der Waals surface area contributed by atoms with E-state index in [1.54, 1.807) is 0 Å². The number of ketones is 1. The van der Waals surface area contributed by atoms with E-state index in [0.29, 0.717) is 36.4 Å². The van der Waals surface area contributed by atoms with E-state index in [0.717, 1.165) is 32.1 Å². The number of rotatable bonds is 2. The molecular formula is C23H36O5. The lowest BCUT2D eigenvalue weighted by molar-refractivity contribution is -0.217. The summed E-state index contributed by atoms with van der Waals surface area (Å²) in [6.45, 7) is 8.07. The van der Waals surface area contributed by atoms with Crippen molar-refractivity contribution in [2.24, 2.45) is 40.4 Å². The summed E-state index contributed by atoms with van der Waals surface area (Å²) in [6.07, 6.45) is 3.75. The van der Waals surface area contributed by atoms with Gasteiger partial charge in [-0.3, -0.25) is 9.59 Å². The minimum Gasteiger partial charge on any atom is -0.460 e. The Morgan fingerprint density at radius 2 is 1.79 bits per heavy atom. The maximum absolute atomic E-state index is 12.8. The van der Waals surface area contributed by atoms with Crippen LogP contribution in [-0.4, -0.2) is 40.3 Å². The van der Waals surface area contributed by atoms with Crippen LogP contribution in [0.3, 0.4) is 0 Å². The Morgan fingerprint density at radius 3 is 2.43 bits per heavy atom. The Balaban J connectivity index is 1.65. The third kappa shape index (κ3) is 2.72. The Bertz CT molecular complexity index is 661. The summed E-state index contributed by atoms with van der Waals surface area (Å²) in [5.41, 5.74) is -0.0609. The van der Waals surface area contributed by atoms with Gasteiger partial charge in [0.15, 0.2) is 0 Å². The second kappa shape index (κ2) is 6.80. The van der Waals surface area contributed by atoms with E-state index in [2.05, 4.69) is 20.8 Å². The van der Waals surface area contributed by atoms with E-state index in [9.17, 15) is 19.8 Å². The molecule has 158 valence electrons. The maximum atomic E-state index is 12.8. The van der Waals surface area contributed by atoms with Gasteiger partial charge in [0.05, 0.1) is 6.10 Å². The molecule has 0 bridgehead atoms. The van der Waals surface area contributed by atoms with Crippen LogP contribution in [0.15, 0.2) is 0 Å². The van der Waals surface area contributed by atoms with E-state index in [-0.39, 0.29) is 22.7 Å². The van der Waals surface area contributed by atoms with Crippen LogP contribution in [0.2, 0.25) is 0 Å². The molecule has 4 rings (SSSR count). The van der Waals surface area contributed by atoms with Crippen molar-refractivity contribution in [1.82, 2.24) is 0 Å². The van der Waals surface area contributed by atoms with Crippen LogP contribution in [-0.2, 0) is 14.3 Å². The van der Waals surface area contributed by atoms with Crippen molar-refractivity contribution < 1.29 is 24.5 Å². The number of ether oxygens (including phenoxy) is 1. The van der Waals surface area contributed by atoms with Gasteiger partial charge < -0.3 is 14.9 Å². The smallest absolute Gasteiger partial charge is 0.302 e. The minimum absolute atomic E-state index is 0.0268. The van der Waals surface area contributed by atoms with Gasteiger partial charge in [-0.1, -0.05) is 20.8 Å². The number of aliphatic hydroxyl groups excluding tert-OH is 2. The highest BCUT2D eigenvalue weighted by Crippen LogP contribution is 2.67. The molecule has 4 aliphatic rings. The Hall–Kier alpha value is -0.940. The molecule has 0 aromatic rings. The maximum Gasteiger partial charge on any atom is 0.302 e. The van der Waals surface area contributed by atoms with Crippen LogP contribution in [0.25, 0.3) is 0 Å². The van der Waals surface area contributed by atoms with E-state index >= 15 is 0 Å². The topological polar surface area (TPSA) is 83.8 Å². The Labute approximate surface area is 168 Å². The number of hydrogen-bond acceptors (Lipinski definition) is 5. The van der Waals surface area contributed by atoms with E-state index < -0.39 is 24.3 Å². The van der Waals surface area contributed by atoms with E-state index in [1.165, 1.54) is 6.92 Å². The Morgan fingerprint density at radius 1 is 1.07 bits per heavy atom. The summed E-state index contributed by atoms with van der Waals surface area (Å²) in [5.74, 6) is 1.58. The minimum atomic E-state index is -1.01. The monoisotopic (exact) mass is 392 g/mol. The largest absolute Gasteiger partial charge is 0.460 e. The normalized spacial score (nSPS) is 53.1. The fraction of sp³-hybridized carbons (Fsp3) is 0.913. The third-order valence-electron chi connectivity index (χ3n) is 9.50. The van der Waals surface area contributed by atoms with Gasteiger partial charge in [0, 0.05) is 19.3 Å². The molecule has 2 N–H and O–H groups in total. The molecule has 5 nitrogen and oxygen atoms in total. The van der Waals surface area contributed by atoms with E-state index in [4.69, 9.17) is 4.74 Å². The lowest BCUT2D eigenvalue weighted by Gasteiger charge is -2.62. The molecule has 4 aliphatic carbocycles. The van der Waals surface area contributed by atoms with Crippen molar-refractivity contribution in [3.63, 3.8) is 0 Å². The lowest BCUT2D eigenvalue weighted by Crippen LogP contribution is -2.62. The number of hydrogen-bond donors (Lipinski definition) is 2. The molecule has 4 saturated carbocycles. The van der Waals surface area contributed by atoms with Crippen molar-refractivity contribution in [3.8, 4) is 0 Å². The molecule has 10 atom stereocenters. The molecule has 0 aromatic heterocycles. The number of fused-ring (bicyclic) bond motifs is 5. The summed E-state index contributed by atoms with van der Waals surface area (Å²) in [6, 6.07) is 0. The quantitative estimate of drug-likeness (QED) is 0.706. The van der Waals surface area contributed by atoms with Crippen LogP contribution < -0.4 is 0 Å². The van der Waals surface area contributed by atoms with Crippen molar-refractivity contribution in [2.45, 2.75) is 91.0 Å². The Kier molecular flexibility index (Phi) is 4.94. The molecule has 0 amide bonds. The first kappa shape index (κ1) is 20.3. The highest BCUT2D eigenvalue weighted by Gasteiger charge is 2.64. The average molecular weight is 393 g/mol. The molecule has 10 unspecified atom stereocenters. The predicted octanol–water partition coefficient (Wildman–Crippen LogP) is 3.11. The van der Waals surface area contributed by atoms with Crippen molar-refractivity contribution in [3.05, 3.63) is 0 Å². The zero-order chi connectivity index (χ0) is 20.4. The molecule has 0 radical (unpaired) electrons.